The third kappa shape index (κ3) is 7.17. The van der Waals surface area contributed by atoms with Crippen molar-refractivity contribution in [3.8, 4) is 0 Å². The molecule has 5 rings (SSSR count). The van der Waals surface area contributed by atoms with Crippen molar-refractivity contribution >= 4 is 22.6 Å². The van der Waals surface area contributed by atoms with E-state index in [1.807, 2.05) is 48.3 Å². The molecule has 1 saturated heterocycles. The monoisotopic (exact) mass is 552 g/mol. The lowest BCUT2D eigenvalue weighted by molar-refractivity contribution is -0.133. The molecule has 7 heteroatoms. The van der Waals surface area contributed by atoms with Crippen molar-refractivity contribution < 1.29 is 14.0 Å². The number of hydrogen-bond donors (Lipinski definition) is 3. The Bertz CT molecular complexity index is 1420. The molecule has 1 aliphatic heterocycles. The number of amides is 2. The van der Waals surface area contributed by atoms with Crippen LogP contribution >= 0.6 is 0 Å². The number of carbonyl (C=O) groups excluding carboxylic acids is 2. The standard InChI is InChI=1S/C34H37FN4O2/c1-36-18-16-32-34(41)39(23-31(24-8-4-2-5-9-24)25-10-6-3-7-11-25)19-17-30(38-32)22-37-33(40)28-13-12-27-21-29(35)15-14-26(27)20-28/h2-15,20-21,30-32,36,38H,16-19,22-23H2,1H3,(H,37,40). The molecule has 0 aliphatic carbocycles. The summed E-state index contributed by atoms with van der Waals surface area (Å²) in [6.07, 6.45) is 1.37. The van der Waals surface area contributed by atoms with Gasteiger partial charge in [-0.2, -0.15) is 0 Å². The van der Waals surface area contributed by atoms with Gasteiger partial charge in [0.15, 0.2) is 0 Å². The van der Waals surface area contributed by atoms with Crippen LogP contribution in [0.3, 0.4) is 0 Å². The van der Waals surface area contributed by atoms with E-state index in [9.17, 15) is 14.0 Å². The summed E-state index contributed by atoms with van der Waals surface area (Å²) in [5.74, 6) is -0.341. The molecular formula is C34H37FN4O2. The van der Waals surface area contributed by atoms with E-state index in [4.69, 9.17) is 0 Å². The topological polar surface area (TPSA) is 73.5 Å². The van der Waals surface area contributed by atoms with Crippen LogP contribution in [0.15, 0.2) is 97.1 Å². The average molecular weight is 553 g/mol. The fourth-order valence-electron chi connectivity index (χ4n) is 5.59. The van der Waals surface area contributed by atoms with E-state index in [2.05, 4.69) is 40.2 Å². The molecule has 2 amide bonds. The Kier molecular flexibility index (Phi) is 9.39. The van der Waals surface area contributed by atoms with Crippen molar-refractivity contribution in [3.05, 3.63) is 120 Å². The first-order valence-corrected chi connectivity index (χ1v) is 14.3. The van der Waals surface area contributed by atoms with Crippen LogP contribution in [-0.4, -0.2) is 62.0 Å². The van der Waals surface area contributed by atoms with Crippen LogP contribution in [0.5, 0.6) is 0 Å². The predicted octanol–water partition coefficient (Wildman–Crippen LogP) is 4.71. The first-order valence-electron chi connectivity index (χ1n) is 14.3. The lowest BCUT2D eigenvalue weighted by Gasteiger charge is -2.29. The highest BCUT2D eigenvalue weighted by Gasteiger charge is 2.32. The van der Waals surface area contributed by atoms with Crippen molar-refractivity contribution in [2.75, 3.05) is 33.2 Å². The van der Waals surface area contributed by atoms with Gasteiger partial charge < -0.3 is 20.9 Å². The second-order valence-electron chi connectivity index (χ2n) is 10.7. The molecule has 6 nitrogen and oxygen atoms in total. The van der Waals surface area contributed by atoms with Gasteiger partial charge in [0, 0.05) is 37.2 Å². The first-order chi connectivity index (χ1) is 20.0. The Morgan fingerprint density at radius 2 is 1.61 bits per heavy atom. The zero-order valence-corrected chi connectivity index (χ0v) is 23.4. The van der Waals surface area contributed by atoms with Gasteiger partial charge in [-0.3, -0.25) is 9.59 Å². The molecule has 1 fully saturated rings. The summed E-state index contributed by atoms with van der Waals surface area (Å²) in [5, 5.41) is 11.3. The molecule has 1 heterocycles. The highest BCUT2D eigenvalue weighted by atomic mass is 19.1. The number of carbonyl (C=O) groups is 2. The van der Waals surface area contributed by atoms with E-state index < -0.39 is 0 Å². The maximum atomic E-state index is 13.8. The molecule has 0 radical (unpaired) electrons. The number of rotatable bonds is 10. The fraction of sp³-hybridized carbons (Fsp3) is 0.294. The normalized spacial score (nSPS) is 17.5. The smallest absolute Gasteiger partial charge is 0.251 e. The Labute approximate surface area is 240 Å². The van der Waals surface area contributed by atoms with Gasteiger partial charge in [0.2, 0.25) is 5.91 Å². The van der Waals surface area contributed by atoms with Gasteiger partial charge in [-0.1, -0.05) is 72.8 Å². The highest BCUT2D eigenvalue weighted by molar-refractivity contribution is 5.98. The zero-order chi connectivity index (χ0) is 28.6. The predicted molar refractivity (Wildman–Crippen MR) is 161 cm³/mol. The van der Waals surface area contributed by atoms with Crippen LogP contribution in [0.2, 0.25) is 0 Å². The molecule has 212 valence electrons. The fourth-order valence-corrected chi connectivity index (χ4v) is 5.59. The van der Waals surface area contributed by atoms with Gasteiger partial charge in [-0.25, -0.2) is 4.39 Å². The minimum Gasteiger partial charge on any atom is -0.350 e. The Morgan fingerprint density at radius 1 is 0.951 bits per heavy atom. The van der Waals surface area contributed by atoms with Crippen LogP contribution in [0, 0.1) is 5.82 Å². The van der Waals surface area contributed by atoms with E-state index in [0.717, 1.165) is 17.2 Å². The van der Waals surface area contributed by atoms with Gasteiger partial charge in [0.25, 0.3) is 5.91 Å². The average Bonchev–Trinajstić information content (AvgIpc) is 3.16. The summed E-state index contributed by atoms with van der Waals surface area (Å²) in [4.78, 5) is 28.8. The van der Waals surface area contributed by atoms with E-state index in [0.29, 0.717) is 38.2 Å². The molecule has 2 unspecified atom stereocenters. The Balaban J connectivity index is 1.29. The number of benzene rings is 4. The molecule has 1 aliphatic rings. The van der Waals surface area contributed by atoms with Crippen molar-refractivity contribution in [2.24, 2.45) is 0 Å². The van der Waals surface area contributed by atoms with Crippen LogP contribution < -0.4 is 16.0 Å². The number of fused-ring (bicyclic) bond motifs is 1. The lowest BCUT2D eigenvalue weighted by atomic mass is 9.90. The lowest BCUT2D eigenvalue weighted by Crippen LogP contribution is -2.50. The maximum Gasteiger partial charge on any atom is 0.251 e. The molecule has 0 saturated carbocycles. The van der Waals surface area contributed by atoms with Crippen LogP contribution in [0.1, 0.15) is 40.2 Å². The molecular weight excluding hydrogens is 515 g/mol. The number of hydrogen-bond acceptors (Lipinski definition) is 4. The molecule has 0 spiro atoms. The number of nitrogens with one attached hydrogen (secondary N) is 3. The molecule has 41 heavy (non-hydrogen) atoms. The largest absolute Gasteiger partial charge is 0.350 e. The molecule has 4 aromatic rings. The van der Waals surface area contributed by atoms with E-state index >= 15 is 0 Å². The zero-order valence-electron chi connectivity index (χ0n) is 23.4. The first kappa shape index (κ1) is 28.5. The molecule has 4 aromatic carbocycles. The second-order valence-corrected chi connectivity index (χ2v) is 10.7. The van der Waals surface area contributed by atoms with Gasteiger partial charge in [0.05, 0.1) is 6.04 Å². The summed E-state index contributed by atoms with van der Waals surface area (Å²) in [7, 11) is 1.88. The van der Waals surface area contributed by atoms with Crippen molar-refractivity contribution in [1.29, 1.82) is 0 Å². The minimum atomic E-state index is -0.352. The van der Waals surface area contributed by atoms with Gasteiger partial charge >= 0.3 is 0 Å². The van der Waals surface area contributed by atoms with Crippen LogP contribution in [0.25, 0.3) is 10.8 Å². The molecule has 2 atom stereocenters. The van der Waals surface area contributed by atoms with E-state index in [1.54, 1.807) is 24.3 Å². The van der Waals surface area contributed by atoms with Gasteiger partial charge in [-0.15, -0.1) is 0 Å². The van der Waals surface area contributed by atoms with Gasteiger partial charge in [0.1, 0.15) is 5.82 Å². The summed E-state index contributed by atoms with van der Waals surface area (Å²) in [6, 6.07) is 30.1. The molecule has 0 aromatic heterocycles. The summed E-state index contributed by atoms with van der Waals surface area (Å²) >= 11 is 0. The summed E-state index contributed by atoms with van der Waals surface area (Å²) in [6.45, 7) is 2.29. The maximum absolute atomic E-state index is 13.8. The van der Waals surface area contributed by atoms with Crippen molar-refractivity contribution in [3.63, 3.8) is 0 Å². The van der Waals surface area contributed by atoms with Gasteiger partial charge in [-0.05, 0) is 72.6 Å². The Hall–Kier alpha value is -4.07. The third-order valence-electron chi connectivity index (χ3n) is 7.86. The third-order valence-corrected chi connectivity index (χ3v) is 7.86. The number of halogens is 1. The van der Waals surface area contributed by atoms with Crippen LogP contribution in [0.4, 0.5) is 4.39 Å². The van der Waals surface area contributed by atoms with Crippen molar-refractivity contribution in [1.82, 2.24) is 20.9 Å². The minimum absolute atomic E-state index is 0.0591. The summed E-state index contributed by atoms with van der Waals surface area (Å²) in [5.41, 5.74) is 2.88. The van der Waals surface area contributed by atoms with Crippen molar-refractivity contribution in [2.45, 2.75) is 30.8 Å². The number of nitrogens with zero attached hydrogens (tertiary/aromatic N) is 1. The van der Waals surface area contributed by atoms with E-state index in [1.165, 1.54) is 23.3 Å². The SMILES string of the molecule is CNCCC1NC(CNC(=O)c2ccc3cc(F)ccc3c2)CCN(CC(c2ccccc2)c2ccccc2)C1=O. The summed E-state index contributed by atoms with van der Waals surface area (Å²) < 4.78 is 13.5. The Morgan fingerprint density at radius 3 is 2.29 bits per heavy atom. The second kappa shape index (κ2) is 13.5. The quantitative estimate of drug-likeness (QED) is 0.267. The highest BCUT2D eigenvalue weighted by Crippen LogP contribution is 2.27. The van der Waals surface area contributed by atoms with Crippen LogP contribution in [-0.2, 0) is 4.79 Å². The molecule has 0 bridgehead atoms. The molecule has 3 N–H and O–H groups in total. The van der Waals surface area contributed by atoms with E-state index in [-0.39, 0.29) is 35.6 Å².